The fourth-order valence-electron chi connectivity index (χ4n) is 3.74. The first-order valence-electron chi connectivity index (χ1n) is 9.65. The van der Waals surface area contributed by atoms with Crippen molar-refractivity contribution in [2.45, 2.75) is 27.3 Å². The molecule has 4 rings (SSSR count). The molecule has 1 aliphatic rings. The Kier molecular flexibility index (Phi) is 4.91. The van der Waals surface area contributed by atoms with E-state index in [9.17, 15) is 14.4 Å². The lowest BCUT2D eigenvalue weighted by atomic mass is 10.0. The SMILES string of the molecule is Cc1cc(C)c(NC(=O)c2ccc3c(c2)C(=O)N(Cc2ccccc2)C3=O)c(C)n1. The van der Waals surface area contributed by atoms with Crippen molar-refractivity contribution in [1.82, 2.24) is 9.88 Å². The first-order valence-corrected chi connectivity index (χ1v) is 9.65. The van der Waals surface area contributed by atoms with Crippen LogP contribution in [0.25, 0.3) is 0 Å². The number of nitrogens with zero attached hydrogens (tertiary/aromatic N) is 2. The first kappa shape index (κ1) is 19.5. The van der Waals surface area contributed by atoms with E-state index in [2.05, 4.69) is 10.3 Å². The third kappa shape index (κ3) is 3.48. The van der Waals surface area contributed by atoms with Gasteiger partial charge in [0.05, 0.1) is 29.1 Å². The second kappa shape index (κ2) is 7.55. The molecule has 150 valence electrons. The van der Waals surface area contributed by atoms with Crippen molar-refractivity contribution in [2.24, 2.45) is 0 Å². The van der Waals surface area contributed by atoms with Gasteiger partial charge in [-0.05, 0) is 56.2 Å². The summed E-state index contributed by atoms with van der Waals surface area (Å²) in [5, 5.41) is 2.88. The minimum atomic E-state index is -0.391. The van der Waals surface area contributed by atoms with E-state index in [0.29, 0.717) is 16.8 Å². The minimum absolute atomic E-state index is 0.197. The Balaban J connectivity index is 1.59. The highest BCUT2D eigenvalue weighted by Crippen LogP contribution is 2.27. The average molecular weight is 399 g/mol. The van der Waals surface area contributed by atoms with Crippen LogP contribution in [0.2, 0.25) is 0 Å². The lowest BCUT2D eigenvalue weighted by Gasteiger charge is -2.13. The maximum atomic E-state index is 12.9. The summed E-state index contributed by atoms with van der Waals surface area (Å²) in [6, 6.07) is 15.8. The van der Waals surface area contributed by atoms with E-state index in [1.807, 2.05) is 57.2 Å². The van der Waals surface area contributed by atoms with Gasteiger partial charge >= 0.3 is 0 Å². The number of pyridine rings is 1. The highest BCUT2D eigenvalue weighted by atomic mass is 16.2. The van der Waals surface area contributed by atoms with E-state index in [1.54, 1.807) is 12.1 Å². The van der Waals surface area contributed by atoms with E-state index in [0.717, 1.165) is 22.5 Å². The first-order chi connectivity index (χ1) is 14.3. The van der Waals surface area contributed by atoms with Crippen LogP contribution in [-0.2, 0) is 6.54 Å². The quantitative estimate of drug-likeness (QED) is 0.671. The second-order valence-electron chi connectivity index (χ2n) is 7.44. The molecule has 0 saturated carbocycles. The number of anilines is 1. The number of carbonyl (C=O) groups excluding carboxylic acids is 3. The number of aromatic nitrogens is 1. The van der Waals surface area contributed by atoms with Crippen LogP contribution in [-0.4, -0.2) is 27.6 Å². The summed E-state index contributed by atoms with van der Waals surface area (Å²) in [6.07, 6.45) is 0. The van der Waals surface area contributed by atoms with Crippen molar-refractivity contribution in [3.8, 4) is 0 Å². The molecule has 1 aromatic heterocycles. The molecule has 0 spiro atoms. The number of hydrogen-bond acceptors (Lipinski definition) is 4. The predicted molar refractivity (Wildman–Crippen MR) is 113 cm³/mol. The lowest BCUT2D eigenvalue weighted by molar-refractivity contribution is 0.0642. The molecule has 0 saturated heterocycles. The fraction of sp³-hybridized carbons (Fsp3) is 0.167. The zero-order chi connectivity index (χ0) is 21.4. The molecular formula is C24H21N3O3. The van der Waals surface area contributed by atoms with E-state index < -0.39 is 5.91 Å². The summed E-state index contributed by atoms with van der Waals surface area (Å²) < 4.78 is 0. The smallest absolute Gasteiger partial charge is 0.261 e. The van der Waals surface area contributed by atoms with Gasteiger partial charge in [0, 0.05) is 11.3 Å². The number of amides is 3. The Morgan fingerprint density at radius 3 is 2.33 bits per heavy atom. The summed E-state index contributed by atoms with van der Waals surface area (Å²) in [7, 11) is 0. The summed E-state index contributed by atoms with van der Waals surface area (Å²) in [6.45, 7) is 5.84. The molecule has 3 amide bonds. The third-order valence-electron chi connectivity index (χ3n) is 5.18. The van der Waals surface area contributed by atoms with Crippen LogP contribution in [0.3, 0.4) is 0 Å². The van der Waals surface area contributed by atoms with Gasteiger partial charge in [-0.3, -0.25) is 24.3 Å². The number of aryl methyl sites for hydroxylation is 3. The van der Waals surface area contributed by atoms with Crippen LogP contribution in [0.5, 0.6) is 0 Å². The van der Waals surface area contributed by atoms with Crippen molar-refractivity contribution in [1.29, 1.82) is 0 Å². The summed E-state index contributed by atoms with van der Waals surface area (Å²) in [5.41, 5.74) is 4.91. The van der Waals surface area contributed by atoms with Crippen LogP contribution in [0.4, 0.5) is 5.69 Å². The number of nitrogens with one attached hydrogen (secondary N) is 1. The van der Waals surface area contributed by atoms with E-state index >= 15 is 0 Å². The molecule has 0 fully saturated rings. The zero-order valence-electron chi connectivity index (χ0n) is 17.0. The molecule has 0 radical (unpaired) electrons. The van der Waals surface area contributed by atoms with E-state index in [-0.39, 0.29) is 23.9 Å². The topological polar surface area (TPSA) is 79.4 Å². The van der Waals surface area contributed by atoms with Crippen molar-refractivity contribution in [2.75, 3.05) is 5.32 Å². The van der Waals surface area contributed by atoms with Crippen molar-refractivity contribution < 1.29 is 14.4 Å². The van der Waals surface area contributed by atoms with Crippen molar-refractivity contribution in [3.05, 3.63) is 93.8 Å². The summed E-state index contributed by atoms with van der Waals surface area (Å²) in [4.78, 5) is 44.0. The Bertz CT molecular complexity index is 1160. The second-order valence-corrected chi connectivity index (χ2v) is 7.44. The molecule has 3 aromatic rings. The number of fused-ring (bicyclic) bond motifs is 1. The molecule has 1 N–H and O–H groups in total. The van der Waals surface area contributed by atoms with E-state index in [1.165, 1.54) is 11.0 Å². The van der Waals surface area contributed by atoms with Crippen molar-refractivity contribution >= 4 is 23.4 Å². The van der Waals surface area contributed by atoms with Gasteiger partial charge in [-0.15, -0.1) is 0 Å². The molecule has 6 nitrogen and oxygen atoms in total. The predicted octanol–water partition coefficient (Wildman–Crippen LogP) is 4.06. The minimum Gasteiger partial charge on any atom is -0.320 e. The molecule has 30 heavy (non-hydrogen) atoms. The summed E-state index contributed by atoms with van der Waals surface area (Å²) in [5.74, 6) is -1.09. The molecule has 6 heteroatoms. The third-order valence-corrected chi connectivity index (χ3v) is 5.18. The van der Waals surface area contributed by atoms with Gasteiger partial charge in [-0.25, -0.2) is 0 Å². The highest BCUT2D eigenvalue weighted by Gasteiger charge is 2.36. The van der Waals surface area contributed by atoms with Gasteiger partial charge < -0.3 is 5.32 Å². The maximum absolute atomic E-state index is 12.9. The molecule has 1 aliphatic heterocycles. The molecule has 0 unspecified atom stereocenters. The van der Waals surface area contributed by atoms with Gasteiger partial charge in [0.15, 0.2) is 0 Å². The van der Waals surface area contributed by atoms with Crippen LogP contribution >= 0.6 is 0 Å². The molecule has 0 atom stereocenters. The van der Waals surface area contributed by atoms with Crippen molar-refractivity contribution in [3.63, 3.8) is 0 Å². The normalized spacial score (nSPS) is 12.8. The lowest BCUT2D eigenvalue weighted by Crippen LogP contribution is -2.29. The van der Waals surface area contributed by atoms with Gasteiger partial charge in [0.25, 0.3) is 17.7 Å². The maximum Gasteiger partial charge on any atom is 0.261 e. The number of carbonyl (C=O) groups is 3. The molecule has 2 heterocycles. The number of rotatable bonds is 4. The highest BCUT2D eigenvalue weighted by molar-refractivity contribution is 6.22. The van der Waals surface area contributed by atoms with Gasteiger partial charge in [0.1, 0.15) is 0 Å². The largest absolute Gasteiger partial charge is 0.320 e. The summed E-state index contributed by atoms with van der Waals surface area (Å²) >= 11 is 0. The number of imide groups is 1. The standard InChI is InChI=1S/C24H21N3O3/c1-14-11-15(2)25-16(3)21(14)26-22(28)18-9-10-19-20(12-18)24(30)27(23(19)29)13-17-7-5-4-6-8-17/h4-12H,13H2,1-3H3,(H,26,28). The average Bonchev–Trinajstić information content (AvgIpc) is 2.95. The molecule has 0 aliphatic carbocycles. The van der Waals surface area contributed by atoms with Gasteiger partial charge in [-0.2, -0.15) is 0 Å². The number of hydrogen-bond donors (Lipinski definition) is 1. The van der Waals surface area contributed by atoms with Crippen LogP contribution < -0.4 is 5.32 Å². The Morgan fingerprint density at radius 2 is 1.63 bits per heavy atom. The monoisotopic (exact) mass is 399 g/mol. The molecule has 2 aromatic carbocycles. The van der Waals surface area contributed by atoms with Gasteiger partial charge in [0.2, 0.25) is 0 Å². The Hall–Kier alpha value is -3.80. The molecular weight excluding hydrogens is 378 g/mol. The number of benzene rings is 2. The van der Waals surface area contributed by atoms with Crippen LogP contribution in [0.1, 0.15) is 53.6 Å². The molecule has 0 bridgehead atoms. The zero-order valence-corrected chi connectivity index (χ0v) is 17.0. The fourth-order valence-corrected chi connectivity index (χ4v) is 3.74. The Labute approximate surface area is 174 Å². The van der Waals surface area contributed by atoms with Gasteiger partial charge in [-0.1, -0.05) is 30.3 Å². The van der Waals surface area contributed by atoms with E-state index in [4.69, 9.17) is 0 Å². The van der Waals surface area contributed by atoms with Crippen LogP contribution in [0.15, 0.2) is 54.6 Å². The Morgan fingerprint density at radius 1 is 0.933 bits per heavy atom. The van der Waals surface area contributed by atoms with Crippen LogP contribution in [0, 0.1) is 20.8 Å².